The Hall–Kier alpha value is -1.06. The molecule has 1 aliphatic heterocycles. The Bertz CT molecular complexity index is 537. The minimum atomic E-state index is -0.247. The molecular formula is C18H26O3. The lowest BCUT2D eigenvalue weighted by atomic mass is 9.58. The third-order valence-corrected chi connectivity index (χ3v) is 5.61. The molecule has 0 aromatic heterocycles. The molecule has 0 radical (unpaired) electrons. The van der Waals surface area contributed by atoms with E-state index in [1.165, 1.54) is 11.1 Å². The van der Waals surface area contributed by atoms with Crippen molar-refractivity contribution in [3.05, 3.63) is 29.3 Å². The van der Waals surface area contributed by atoms with E-state index in [0.717, 1.165) is 25.0 Å². The zero-order valence-electron chi connectivity index (χ0n) is 13.5. The first-order valence-electron chi connectivity index (χ1n) is 7.84. The van der Waals surface area contributed by atoms with Crippen LogP contribution in [-0.4, -0.2) is 23.9 Å². The third kappa shape index (κ3) is 2.36. The number of aliphatic hydroxyl groups is 1. The SMILES string of the molecule is COCc1ccc2c(c1)C[C@@H]1C(C)(C)[C@H](O)CC[C@@]1(C)O2. The summed E-state index contributed by atoms with van der Waals surface area (Å²) in [5.74, 6) is 1.33. The van der Waals surface area contributed by atoms with Gasteiger partial charge in [0.25, 0.3) is 0 Å². The van der Waals surface area contributed by atoms with Crippen LogP contribution in [0.25, 0.3) is 0 Å². The van der Waals surface area contributed by atoms with Crippen molar-refractivity contribution in [2.24, 2.45) is 11.3 Å². The standard InChI is InChI=1S/C18H26O3/c1-17(2)15-10-13-9-12(11-20-4)5-6-14(13)21-18(15,3)8-7-16(17)19/h5-6,9,15-16,19H,7-8,10-11H2,1-4H3/t15-,16-,18-/m1/s1. The fourth-order valence-corrected chi connectivity index (χ4v) is 4.21. The fraction of sp³-hybridized carbons (Fsp3) is 0.667. The second-order valence-electron chi connectivity index (χ2n) is 7.42. The van der Waals surface area contributed by atoms with Crippen LogP contribution in [-0.2, 0) is 17.8 Å². The Morgan fingerprint density at radius 3 is 2.81 bits per heavy atom. The molecule has 21 heavy (non-hydrogen) atoms. The maximum Gasteiger partial charge on any atom is 0.123 e. The van der Waals surface area contributed by atoms with Gasteiger partial charge in [-0.3, -0.25) is 0 Å². The number of benzene rings is 1. The van der Waals surface area contributed by atoms with Gasteiger partial charge in [-0.2, -0.15) is 0 Å². The van der Waals surface area contributed by atoms with E-state index >= 15 is 0 Å². The van der Waals surface area contributed by atoms with Gasteiger partial charge < -0.3 is 14.6 Å². The average Bonchev–Trinajstić information content (AvgIpc) is 2.43. The molecule has 1 heterocycles. The molecule has 1 fully saturated rings. The van der Waals surface area contributed by atoms with Crippen molar-refractivity contribution in [1.29, 1.82) is 0 Å². The molecule has 3 rings (SSSR count). The lowest BCUT2D eigenvalue weighted by Gasteiger charge is -2.55. The summed E-state index contributed by atoms with van der Waals surface area (Å²) in [6.07, 6.45) is 2.45. The molecule has 0 saturated heterocycles. The highest BCUT2D eigenvalue weighted by atomic mass is 16.5. The van der Waals surface area contributed by atoms with E-state index < -0.39 is 0 Å². The van der Waals surface area contributed by atoms with Gasteiger partial charge in [0.15, 0.2) is 0 Å². The fourth-order valence-electron chi connectivity index (χ4n) is 4.21. The summed E-state index contributed by atoms with van der Waals surface area (Å²) in [6.45, 7) is 7.18. The molecule has 1 aromatic carbocycles. The summed E-state index contributed by atoms with van der Waals surface area (Å²) in [7, 11) is 1.72. The second kappa shape index (κ2) is 4.99. The summed E-state index contributed by atoms with van der Waals surface area (Å²) in [5, 5.41) is 10.4. The van der Waals surface area contributed by atoms with E-state index in [2.05, 4.69) is 39.0 Å². The summed E-state index contributed by atoms with van der Waals surface area (Å²) in [5.41, 5.74) is 2.13. The topological polar surface area (TPSA) is 38.7 Å². The van der Waals surface area contributed by atoms with Crippen LogP contribution in [0, 0.1) is 11.3 Å². The summed E-state index contributed by atoms with van der Waals surface area (Å²) < 4.78 is 11.6. The van der Waals surface area contributed by atoms with Gasteiger partial charge in [0.05, 0.1) is 12.7 Å². The highest BCUT2D eigenvalue weighted by molar-refractivity contribution is 5.40. The molecule has 0 unspecified atom stereocenters. The lowest BCUT2D eigenvalue weighted by molar-refractivity contribution is -0.137. The van der Waals surface area contributed by atoms with Crippen LogP contribution in [0.5, 0.6) is 5.75 Å². The lowest BCUT2D eigenvalue weighted by Crippen LogP contribution is -2.58. The molecule has 0 bridgehead atoms. The predicted octanol–water partition coefficient (Wildman–Crippen LogP) is 3.32. The van der Waals surface area contributed by atoms with Crippen molar-refractivity contribution in [3.8, 4) is 5.75 Å². The van der Waals surface area contributed by atoms with Crippen LogP contribution in [0.3, 0.4) is 0 Å². The number of methoxy groups -OCH3 is 1. The van der Waals surface area contributed by atoms with Crippen molar-refractivity contribution in [2.45, 2.75) is 58.3 Å². The molecule has 2 aliphatic rings. The number of fused-ring (bicyclic) bond motifs is 2. The van der Waals surface area contributed by atoms with E-state index in [1.807, 2.05) is 0 Å². The van der Waals surface area contributed by atoms with Crippen molar-refractivity contribution >= 4 is 0 Å². The van der Waals surface area contributed by atoms with Gasteiger partial charge in [0.1, 0.15) is 11.4 Å². The number of ether oxygens (including phenoxy) is 2. The molecule has 3 heteroatoms. The Morgan fingerprint density at radius 2 is 2.10 bits per heavy atom. The predicted molar refractivity (Wildman–Crippen MR) is 82.4 cm³/mol. The van der Waals surface area contributed by atoms with Crippen molar-refractivity contribution in [2.75, 3.05) is 7.11 Å². The van der Waals surface area contributed by atoms with Gasteiger partial charge in [0.2, 0.25) is 0 Å². The van der Waals surface area contributed by atoms with E-state index in [-0.39, 0.29) is 17.1 Å². The first-order valence-corrected chi connectivity index (χ1v) is 7.84. The molecule has 3 atom stereocenters. The normalized spacial score (nSPS) is 33.8. The number of aliphatic hydroxyl groups excluding tert-OH is 1. The van der Waals surface area contributed by atoms with Crippen molar-refractivity contribution < 1.29 is 14.6 Å². The molecule has 1 saturated carbocycles. The van der Waals surface area contributed by atoms with Crippen LogP contribution in [0.2, 0.25) is 0 Å². The van der Waals surface area contributed by atoms with Crippen LogP contribution in [0.4, 0.5) is 0 Å². The summed E-state index contributed by atoms with van der Waals surface area (Å²) >= 11 is 0. The first kappa shape index (κ1) is 14.9. The Morgan fingerprint density at radius 1 is 1.33 bits per heavy atom. The quantitative estimate of drug-likeness (QED) is 0.908. The number of hydrogen-bond acceptors (Lipinski definition) is 3. The van der Waals surface area contributed by atoms with Gasteiger partial charge in [0, 0.05) is 13.0 Å². The Labute approximate surface area is 127 Å². The largest absolute Gasteiger partial charge is 0.487 e. The second-order valence-corrected chi connectivity index (χ2v) is 7.42. The number of hydrogen-bond donors (Lipinski definition) is 1. The monoisotopic (exact) mass is 290 g/mol. The first-order chi connectivity index (χ1) is 9.87. The molecule has 1 N–H and O–H groups in total. The average molecular weight is 290 g/mol. The van der Waals surface area contributed by atoms with Gasteiger partial charge in [-0.15, -0.1) is 0 Å². The van der Waals surface area contributed by atoms with E-state index in [1.54, 1.807) is 7.11 Å². The Kier molecular flexibility index (Phi) is 3.53. The highest BCUT2D eigenvalue weighted by Gasteiger charge is 2.54. The van der Waals surface area contributed by atoms with Gasteiger partial charge >= 0.3 is 0 Å². The molecular weight excluding hydrogens is 264 g/mol. The van der Waals surface area contributed by atoms with Gasteiger partial charge in [-0.25, -0.2) is 0 Å². The molecule has 0 spiro atoms. The zero-order chi connectivity index (χ0) is 15.3. The highest BCUT2D eigenvalue weighted by Crippen LogP contribution is 2.53. The van der Waals surface area contributed by atoms with Crippen molar-refractivity contribution in [1.82, 2.24) is 0 Å². The number of rotatable bonds is 2. The van der Waals surface area contributed by atoms with Crippen LogP contribution < -0.4 is 4.74 Å². The van der Waals surface area contributed by atoms with Crippen molar-refractivity contribution in [3.63, 3.8) is 0 Å². The van der Waals surface area contributed by atoms with Gasteiger partial charge in [-0.05, 0) is 54.9 Å². The van der Waals surface area contributed by atoms with Crippen LogP contribution in [0.15, 0.2) is 18.2 Å². The maximum absolute atomic E-state index is 10.4. The minimum absolute atomic E-state index is 0.123. The van der Waals surface area contributed by atoms with E-state index in [0.29, 0.717) is 12.5 Å². The smallest absolute Gasteiger partial charge is 0.123 e. The molecule has 3 nitrogen and oxygen atoms in total. The maximum atomic E-state index is 10.4. The molecule has 0 amide bonds. The van der Waals surface area contributed by atoms with Crippen LogP contribution >= 0.6 is 0 Å². The molecule has 1 aliphatic carbocycles. The van der Waals surface area contributed by atoms with E-state index in [9.17, 15) is 5.11 Å². The summed E-state index contributed by atoms with van der Waals surface area (Å²) in [4.78, 5) is 0. The molecule has 116 valence electrons. The summed E-state index contributed by atoms with van der Waals surface area (Å²) in [6, 6.07) is 6.34. The Balaban J connectivity index is 1.97. The third-order valence-electron chi connectivity index (χ3n) is 5.61. The van der Waals surface area contributed by atoms with E-state index in [4.69, 9.17) is 9.47 Å². The molecule has 1 aromatic rings. The van der Waals surface area contributed by atoms with Crippen LogP contribution in [0.1, 0.15) is 44.7 Å². The minimum Gasteiger partial charge on any atom is -0.487 e. The zero-order valence-corrected chi connectivity index (χ0v) is 13.5. The van der Waals surface area contributed by atoms with Gasteiger partial charge in [-0.1, -0.05) is 19.9 Å².